The summed E-state index contributed by atoms with van der Waals surface area (Å²) in [5.74, 6) is -0.305. The number of hydrogen-bond acceptors (Lipinski definition) is 4. The minimum atomic E-state index is -3.64. The van der Waals surface area contributed by atoms with Gasteiger partial charge >= 0.3 is 0 Å². The molecule has 0 saturated carbocycles. The summed E-state index contributed by atoms with van der Waals surface area (Å²) < 4.78 is 27.4. The number of rotatable bonds is 5. The van der Waals surface area contributed by atoms with Crippen LogP contribution < -0.4 is 5.32 Å². The summed E-state index contributed by atoms with van der Waals surface area (Å²) in [6.45, 7) is 9.19. The van der Waals surface area contributed by atoms with Gasteiger partial charge < -0.3 is 5.32 Å². The highest BCUT2D eigenvalue weighted by Gasteiger charge is 2.28. The Morgan fingerprint density at radius 1 is 1.43 bits per heavy atom. The normalized spacial score (nSPS) is 12.7. The molecule has 1 amide bonds. The number of nitrogens with one attached hydrogen (secondary N) is 1. The maximum Gasteiger partial charge on any atom is 0.253 e. The van der Waals surface area contributed by atoms with Crippen molar-refractivity contribution < 1.29 is 13.2 Å². The molecular formula is C13H21BrN2O3S2. The van der Waals surface area contributed by atoms with E-state index in [1.54, 1.807) is 13.0 Å². The molecule has 0 bridgehead atoms. The van der Waals surface area contributed by atoms with Gasteiger partial charge in [0.1, 0.15) is 4.21 Å². The van der Waals surface area contributed by atoms with Gasteiger partial charge in [-0.15, -0.1) is 11.3 Å². The third kappa shape index (κ3) is 5.05. The minimum Gasteiger partial charge on any atom is -0.350 e. The fourth-order valence-electron chi connectivity index (χ4n) is 1.67. The Morgan fingerprint density at radius 2 is 2.00 bits per heavy atom. The molecule has 0 fully saturated rings. The summed E-state index contributed by atoms with van der Waals surface area (Å²) in [5, 5.41) is 2.77. The molecule has 1 N–H and O–H groups in total. The Kier molecular flexibility index (Phi) is 5.99. The molecule has 0 aromatic carbocycles. The topological polar surface area (TPSA) is 66.5 Å². The first-order valence-electron chi connectivity index (χ1n) is 6.54. The van der Waals surface area contributed by atoms with Crippen LogP contribution in [0.25, 0.3) is 0 Å². The second-order valence-corrected chi connectivity index (χ2v) is 10.3. The molecule has 1 rings (SSSR count). The van der Waals surface area contributed by atoms with E-state index < -0.39 is 10.0 Å². The maximum atomic E-state index is 12.6. The van der Waals surface area contributed by atoms with Crippen molar-refractivity contribution in [3.8, 4) is 0 Å². The minimum absolute atomic E-state index is 0.176. The van der Waals surface area contributed by atoms with Crippen molar-refractivity contribution in [1.82, 2.24) is 9.62 Å². The van der Waals surface area contributed by atoms with E-state index in [1.165, 1.54) is 4.31 Å². The average Bonchev–Trinajstić information content (AvgIpc) is 2.65. The number of thiophene rings is 1. The Bertz CT molecular complexity index is 598. The van der Waals surface area contributed by atoms with E-state index in [-0.39, 0.29) is 28.7 Å². The van der Waals surface area contributed by atoms with Crippen molar-refractivity contribution in [3.63, 3.8) is 0 Å². The van der Waals surface area contributed by atoms with Crippen LogP contribution in [0.3, 0.4) is 0 Å². The van der Waals surface area contributed by atoms with Crippen molar-refractivity contribution >= 4 is 43.2 Å². The van der Waals surface area contributed by atoms with Crippen LogP contribution in [0.2, 0.25) is 0 Å². The van der Waals surface area contributed by atoms with E-state index in [9.17, 15) is 13.2 Å². The number of halogens is 1. The van der Waals surface area contributed by atoms with Crippen LogP contribution in [0.4, 0.5) is 0 Å². The molecule has 8 heteroatoms. The SMILES string of the molecule is CCN(CC(=O)NC(C)(C)C)S(=O)(=O)c1cc(C)c(Br)s1. The van der Waals surface area contributed by atoms with Crippen LogP contribution in [0.5, 0.6) is 0 Å². The van der Waals surface area contributed by atoms with Gasteiger partial charge in [0.25, 0.3) is 10.0 Å². The Balaban J connectivity index is 2.96. The summed E-state index contributed by atoms with van der Waals surface area (Å²) in [5.41, 5.74) is 0.483. The number of amides is 1. The van der Waals surface area contributed by atoms with Crippen LogP contribution >= 0.6 is 27.3 Å². The second kappa shape index (κ2) is 6.76. The zero-order valence-corrected chi connectivity index (χ0v) is 16.1. The van der Waals surface area contributed by atoms with Crippen molar-refractivity contribution in [2.45, 2.75) is 44.4 Å². The van der Waals surface area contributed by atoms with Gasteiger partial charge in [-0.2, -0.15) is 4.31 Å². The van der Waals surface area contributed by atoms with Gasteiger partial charge in [0.15, 0.2) is 0 Å². The van der Waals surface area contributed by atoms with Gasteiger partial charge in [0.05, 0.1) is 10.3 Å². The van der Waals surface area contributed by atoms with Crippen molar-refractivity contribution in [2.24, 2.45) is 0 Å². The predicted octanol–water partition coefficient (Wildman–Crippen LogP) is 2.74. The quantitative estimate of drug-likeness (QED) is 0.831. The van der Waals surface area contributed by atoms with Crippen molar-refractivity contribution in [2.75, 3.05) is 13.1 Å². The summed E-state index contributed by atoms with van der Waals surface area (Å²) in [6, 6.07) is 1.62. The zero-order chi connectivity index (χ0) is 16.4. The molecular weight excluding hydrogens is 376 g/mol. The molecule has 0 unspecified atom stereocenters. The number of nitrogens with zero attached hydrogens (tertiary/aromatic N) is 1. The maximum absolute atomic E-state index is 12.6. The summed E-state index contributed by atoms with van der Waals surface area (Å²) >= 11 is 4.49. The standard InChI is InChI=1S/C13H21BrN2O3S2/c1-6-16(8-10(17)15-13(3,4)5)21(18,19)11-7-9(2)12(14)20-11/h7H,6,8H2,1-5H3,(H,15,17). The lowest BCUT2D eigenvalue weighted by atomic mass is 10.1. The highest BCUT2D eigenvalue weighted by Crippen LogP contribution is 2.32. The third-order valence-corrected chi connectivity index (χ3v) is 7.12. The monoisotopic (exact) mass is 396 g/mol. The average molecular weight is 397 g/mol. The Labute approximate surface area is 138 Å². The van der Waals surface area contributed by atoms with Crippen LogP contribution in [0, 0.1) is 6.92 Å². The lowest BCUT2D eigenvalue weighted by molar-refractivity contribution is -0.122. The van der Waals surface area contributed by atoms with E-state index in [0.29, 0.717) is 0 Å². The molecule has 0 aliphatic carbocycles. The van der Waals surface area contributed by atoms with Gasteiger partial charge in [-0.3, -0.25) is 4.79 Å². The van der Waals surface area contributed by atoms with Crippen LogP contribution in [0.15, 0.2) is 14.1 Å². The number of carbonyl (C=O) groups excluding carboxylic acids is 1. The van der Waals surface area contributed by atoms with E-state index in [0.717, 1.165) is 20.7 Å². The fourth-order valence-corrected chi connectivity index (χ4v) is 5.46. The van der Waals surface area contributed by atoms with Gasteiger partial charge in [-0.05, 0) is 55.3 Å². The fraction of sp³-hybridized carbons (Fsp3) is 0.615. The number of carbonyl (C=O) groups is 1. The van der Waals surface area contributed by atoms with Crippen LogP contribution in [-0.2, 0) is 14.8 Å². The zero-order valence-electron chi connectivity index (χ0n) is 12.9. The first kappa shape index (κ1) is 18.6. The summed E-state index contributed by atoms with van der Waals surface area (Å²) in [4.78, 5) is 12.0. The molecule has 0 atom stereocenters. The molecule has 0 aliphatic heterocycles. The first-order chi connectivity index (χ1) is 9.47. The van der Waals surface area contributed by atoms with E-state index in [2.05, 4.69) is 21.2 Å². The van der Waals surface area contributed by atoms with Crippen molar-refractivity contribution in [3.05, 3.63) is 15.4 Å². The lowest BCUT2D eigenvalue weighted by Crippen LogP contribution is -2.47. The predicted molar refractivity (Wildman–Crippen MR) is 89.1 cm³/mol. The molecule has 0 spiro atoms. The molecule has 120 valence electrons. The molecule has 1 aromatic heterocycles. The lowest BCUT2D eigenvalue weighted by Gasteiger charge is -2.24. The van der Waals surface area contributed by atoms with E-state index in [1.807, 2.05) is 27.7 Å². The molecule has 0 radical (unpaired) electrons. The number of hydrogen-bond donors (Lipinski definition) is 1. The summed E-state index contributed by atoms with van der Waals surface area (Å²) in [6.07, 6.45) is 0. The molecule has 0 aliphatic rings. The second-order valence-electron chi connectivity index (χ2n) is 5.75. The largest absolute Gasteiger partial charge is 0.350 e. The van der Waals surface area contributed by atoms with Gasteiger partial charge in [0, 0.05) is 12.1 Å². The van der Waals surface area contributed by atoms with E-state index >= 15 is 0 Å². The molecule has 5 nitrogen and oxygen atoms in total. The van der Waals surface area contributed by atoms with Gasteiger partial charge in [-0.1, -0.05) is 6.92 Å². The summed E-state index contributed by atoms with van der Waals surface area (Å²) in [7, 11) is -3.64. The molecule has 21 heavy (non-hydrogen) atoms. The number of aryl methyl sites for hydroxylation is 1. The first-order valence-corrected chi connectivity index (χ1v) is 9.59. The molecule has 0 saturated heterocycles. The Hall–Kier alpha value is -0.440. The highest BCUT2D eigenvalue weighted by molar-refractivity contribution is 9.11. The Morgan fingerprint density at radius 3 is 2.38 bits per heavy atom. The third-order valence-electron chi connectivity index (χ3n) is 2.62. The van der Waals surface area contributed by atoms with E-state index in [4.69, 9.17) is 0 Å². The number of likely N-dealkylation sites (N-methyl/N-ethyl adjacent to an activating group) is 1. The van der Waals surface area contributed by atoms with Gasteiger partial charge in [0.2, 0.25) is 5.91 Å². The highest BCUT2D eigenvalue weighted by atomic mass is 79.9. The molecule has 1 heterocycles. The van der Waals surface area contributed by atoms with Crippen LogP contribution in [0.1, 0.15) is 33.3 Å². The molecule has 1 aromatic rings. The van der Waals surface area contributed by atoms with Crippen molar-refractivity contribution in [1.29, 1.82) is 0 Å². The smallest absolute Gasteiger partial charge is 0.253 e. The number of sulfonamides is 1. The van der Waals surface area contributed by atoms with Gasteiger partial charge in [-0.25, -0.2) is 8.42 Å². The van der Waals surface area contributed by atoms with Crippen LogP contribution in [-0.4, -0.2) is 37.3 Å².